The van der Waals surface area contributed by atoms with Gasteiger partial charge in [0.25, 0.3) is 0 Å². The number of methoxy groups -OCH3 is 1. The number of rotatable bonds is 10. The summed E-state index contributed by atoms with van der Waals surface area (Å²) in [4.78, 5) is 14.8. The molecule has 7 heteroatoms. The summed E-state index contributed by atoms with van der Waals surface area (Å²) in [5.74, 6) is 0.920. The second-order valence-electron chi connectivity index (χ2n) is 6.88. The van der Waals surface area contributed by atoms with Crippen molar-refractivity contribution in [2.45, 2.75) is 46.2 Å². The van der Waals surface area contributed by atoms with Gasteiger partial charge in [0.1, 0.15) is 11.5 Å². The molecule has 0 aliphatic carbocycles. The highest BCUT2D eigenvalue weighted by molar-refractivity contribution is 7.87. The van der Waals surface area contributed by atoms with Gasteiger partial charge in [0, 0.05) is 12.6 Å². The Morgan fingerprint density at radius 3 is 2.31 bits per heavy atom. The molecule has 0 saturated heterocycles. The molecule has 1 amide bonds. The molecule has 2 aromatic carbocycles. The number of ether oxygens (including phenoxy) is 1. The van der Waals surface area contributed by atoms with Crippen LogP contribution in [0.25, 0.3) is 0 Å². The van der Waals surface area contributed by atoms with E-state index in [1.807, 2.05) is 49.1 Å². The standard InChI is InChI=1S/C22H29NO5S/c1-5-17(3)23(22(24)15-18-10-12-20(27-4)13-11-18)16-19-8-7-9-21(14-19)28-29(25,26)6-2/h7-14,17H,5-6,15-16H2,1-4H3. The van der Waals surface area contributed by atoms with Crippen LogP contribution in [0.15, 0.2) is 48.5 Å². The van der Waals surface area contributed by atoms with E-state index < -0.39 is 10.1 Å². The Hall–Kier alpha value is -2.54. The van der Waals surface area contributed by atoms with Crippen LogP contribution in [0.4, 0.5) is 0 Å². The van der Waals surface area contributed by atoms with Crippen molar-refractivity contribution in [1.29, 1.82) is 0 Å². The summed E-state index contributed by atoms with van der Waals surface area (Å²) in [6.07, 6.45) is 1.10. The first-order valence-electron chi connectivity index (χ1n) is 9.71. The molecule has 2 rings (SSSR count). The molecule has 0 bridgehead atoms. The Morgan fingerprint density at radius 1 is 1.03 bits per heavy atom. The van der Waals surface area contributed by atoms with E-state index in [2.05, 4.69) is 0 Å². The molecule has 0 spiro atoms. The van der Waals surface area contributed by atoms with Crippen molar-refractivity contribution in [3.05, 3.63) is 59.7 Å². The smallest absolute Gasteiger partial charge is 0.308 e. The molecule has 0 radical (unpaired) electrons. The van der Waals surface area contributed by atoms with E-state index in [0.717, 1.165) is 23.3 Å². The van der Waals surface area contributed by atoms with Crippen molar-refractivity contribution < 1.29 is 22.1 Å². The van der Waals surface area contributed by atoms with E-state index in [9.17, 15) is 13.2 Å². The van der Waals surface area contributed by atoms with Crippen molar-refractivity contribution in [3.8, 4) is 11.5 Å². The summed E-state index contributed by atoms with van der Waals surface area (Å²) in [6, 6.07) is 14.4. The van der Waals surface area contributed by atoms with Crippen molar-refractivity contribution in [2.75, 3.05) is 12.9 Å². The molecule has 0 saturated carbocycles. The van der Waals surface area contributed by atoms with Crippen LogP contribution in [0, 0.1) is 0 Å². The summed E-state index contributed by atoms with van der Waals surface area (Å²) in [7, 11) is -1.99. The van der Waals surface area contributed by atoms with Crippen LogP contribution in [0.5, 0.6) is 11.5 Å². The van der Waals surface area contributed by atoms with Crippen molar-refractivity contribution in [2.24, 2.45) is 0 Å². The van der Waals surface area contributed by atoms with E-state index in [1.54, 1.807) is 25.3 Å². The third kappa shape index (κ3) is 6.78. The number of carbonyl (C=O) groups excluding carboxylic acids is 1. The number of benzene rings is 2. The first kappa shape index (κ1) is 22.7. The molecule has 29 heavy (non-hydrogen) atoms. The first-order chi connectivity index (χ1) is 13.8. The zero-order valence-corrected chi connectivity index (χ0v) is 18.2. The van der Waals surface area contributed by atoms with Crippen LogP contribution in [0.1, 0.15) is 38.3 Å². The first-order valence-corrected chi connectivity index (χ1v) is 11.3. The SMILES string of the molecule is CCC(C)N(Cc1cccc(OS(=O)(=O)CC)c1)C(=O)Cc1ccc(OC)cc1. The van der Waals surface area contributed by atoms with E-state index in [4.69, 9.17) is 8.92 Å². The molecule has 6 nitrogen and oxygen atoms in total. The van der Waals surface area contributed by atoms with Gasteiger partial charge in [-0.05, 0) is 55.7 Å². The Bertz CT molecular complexity index is 909. The normalized spacial score (nSPS) is 12.3. The number of hydrogen-bond donors (Lipinski definition) is 0. The fourth-order valence-corrected chi connectivity index (χ4v) is 3.34. The summed E-state index contributed by atoms with van der Waals surface area (Å²) >= 11 is 0. The summed E-state index contributed by atoms with van der Waals surface area (Å²) in [5.41, 5.74) is 1.73. The predicted octanol–water partition coefficient (Wildman–Crippen LogP) is 3.79. The number of carbonyl (C=O) groups is 1. The zero-order chi connectivity index (χ0) is 21.4. The lowest BCUT2D eigenvalue weighted by atomic mass is 10.1. The van der Waals surface area contributed by atoms with Gasteiger partial charge < -0.3 is 13.8 Å². The third-order valence-corrected chi connectivity index (χ3v) is 5.94. The van der Waals surface area contributed by atoms with Gasteiger partial charge in [-0.2, -0.15) is 8.42 Å². The van der Waals surface area contributed by atoms with Gasteiger partial charge in [0.05, 0.1) is 19.3 Å². The lowest BCUT2D eigenvalue weighted by Gasteiger charge is -2.29. The van der Waals surface area contributed by atoms with Gasteiger partial charge in [-0.3, -0.25) is 4.79 Å². The largest absolute Gasteiger partial charge is 0.497 e. The maximum Gasteiger partial charge on any atom is 0.308 e. The molecule has 158 valence electrons. The summed E-state index contributed by atoms with van der Waals surface area (Å²) < 4.78 is 33.7. The van der Waals surface area contributed by atoms with E-state index in [-0.39, 0.29) is 29.9 Å². The van der Waals surface area contributed by atoms with Gasteiger partial charge in [0.15, 0.2) is 0 Å². The lowest BCUT2D eigenvalue weighted by molar-refractivity contribution is -0.133. The molecule has 1 unspecified atom stereocenters. The van der Waals surface area contributed by atoms with Gasteiger partial charge in [-0.25, -0.2) is 0 Å². The minimum atomic E-state index is -3.59. The van der Waals surface area contributed by atoms with Crippen LogP contribution < -0.4 is 8.92 Å². The van der Waals surface area contributed by atoms with Crippen LogP contribution >= 0.6 is 0 Å². The van der Waals surface area contributed by atoms with Crippen molar-refractivity contribution in [3.63, 3.8) is 0 Å². The quantitative estimate of drug-likeness (QED) is 0.548. The van der Waals surface area contributed by atoms with E-state index >= 15 is 0 Å². The number of amides is 1. The molecule has 1 atom stereocenters. The highest BCUT2D eigenvalue weighted by Crippen LogP contribution is 2.20. The number of nitrogens with zero attached hydrogens (tertiary/aromatic N) is 1. The second-order valence-corrected chi connectivity index (χ2v) is 8.74. The lowest BCUT2D eigenvalue weighted by Crippen LogP contribution is -2.38. The topological polar surface area (TPSA) is 72.9 Å². The molecular weight excluding hydrogens is 390 g/mol. The monoisotopic (exact) mass is 419 g/mol. The molecule has 0 heterocycles. The van der Waals surface area contributed by atoms with Gasteiger partial charge in [0.2, 0.25) is 5.91 Å². The Labute approximate surface area is 173 Å². The molecular formula is C22H29NO5S. The van der Waals surface area contributed by atoms with Crippen LogP contribution in [-0.4, -0.2) is 38.1 Å². The number of hydrogen-bond acceptors (Lipinski definition) is 5. The van der Waals surface area contributed by atoms with Gasteiger partial charge in [-0.15, -0.1) is 0 Å². The molecule has 0 aliphatic rings. The average Bonchev–Trinajstić information content (AvgIpc) is 2.72. The van der Waals surface area contributed by atoms with E-state index in [0.29, 0.717) is 6.54 Å². The van der Waals surface area contributed by atoms with Crippen molar-refractivity contribution in [1.82, 2.24) is 4.90 Å². The van der Waals surface area contributed by atoms with Crippen molar-refractivity contribution >= 4 is 16.0 Å². The van der Waals surface area contributed by atoms with Gasteiger partial charge >= 0.3 is 10.1 Å². The fraction of sp³-hybridized carbons (Fsp3) is 0.409. The fourth-order valence-electron chi connectivity index (χ4n) is 2.83. The maximum absolute atomic E-state index is 13.0. The average molecular weight is 420 g/mol. The summed E-state index contributed by atoms with van der Waals surface area (Å²) in [5, 5.41) is 0. The Balaban J connectivity index is 2.16. The van der Waals surface area contributed by atoms with Crippen LogP contribution in [0.3, 0.4) is 0 Å². The molecule has 0 aromatic heterocycles. The molecule has 0 fully saturated rings. The van der Waals surface area contributed by atoms with Crippen LogP contribution in [-0.2, 0) is 27.9 Å². The Kier molecular flexibility index (Phi) is 8.08. The zero-order valence-electron chi connectivity index (χ0n) is 17.4. The minimum absolute atomic E-state index is 0.0111. The third-order valence-electron chi connectivity index (χ3n) is 4.79. The second kappa shape index (κ2) is 10.3. The highest BCUT2D eigenvalue weighted by Gasteiger charge is 2.20. The minimum Gasteiger partial charge on any atom is -0.497 e. The predicted molar refractivity (Wildman–Crippen MR) is 114 cm³/mol. The molecule has 0 N–H and O–H groups in total. The van der Waals surface area contributed by atoms with Crippen LogP contribution in [0.2, 0.25) is 0 Å². The molecule has 0 aliphatic heterocycles. The molecule has 2 aromatic rings. The van der Waals surface area contributed by atoms with Gasteiger partial charge in [-0.1, -0.05) is 31.2 Å². The van der Waals surface area contributed by atoms with E-state index in [1.165, 1.54) is 6.92 Å². The Morgan fingerprint density at radius 2 is 1.72 bits per heavy atom. The maximum atomic E-state index is 13.0. The summed E-state index contributed by atoms with van der Waals surface area (Å²) in [6.45, 7) is 5.95. The highest BCUT2D eigenvalue weighted by atomic mass is 32.2.